The Morgan fingerprint density at radius 2 is 2.05 bits per heavy atom. The topological polar surface area (TPSA) is 15.3 Å². The molecule has 0 aromatic rings. The van der Waals surface area contributed by atoms with E-state index in [-0.39, 0.29) is 0 Å². The van der Waals surface area contributed by atoms with Gasteiger partial charge in [0.1, 0.15) is 0 Å². The van der Waals surface area contributed by atoms with Crippen LogP contribution in [0, 0.1) is 23.7 Å². The zero-order valence-corrected chi connectivity index (χ0v) is 13.1. The van der Waals surface area contributed by atoms with Crippen LogP contribution in [0.3, 0.4) is 0 Å². The first-order valence-corrected chi connectivity index (χ1v) is 8.64. The molecule has 0 spiro atoms. The Morgan fingerprint density at radius 3 is 2.63 bits per heavy atom. The van der Waals surface area contributed by atoms with Gasteiger partial charge in [0.05, 0.1) is 0 Å². The molecular weight excluding hydrogens is 232 g/mol. The minimum absolute atomic E-state index is 0.710. The van der Waals surface area contributed by atoms with Crippen LogP contribution >= 0.6 is 0 Å². The van der Waals surface area contributed by atoms with Crippen LogP contribution in [0.1, 0.15) is 52.9 Å². The van der Waals surface area contributed by atoms with Crippen molar-refractivity contribution in [3.05, 3.63) is 0 Å². The molecule has 2 bridgehead atoms. The quantitative estimate of drug-likeness (QED) is 0.839. The van der Waals surface area contributed by atoms with Gasteiger partial charge >= 0.3 is 0 Å². The summed E-state index contributed by atoms with van der Waals surface area (Å²) in [5.74, 6) is 3.97. The third kappa shape index (κ3) is 2.85. The highest BCUT2D eigenvalue weighted by molar-refractivity contribution is 4.94. The third-order valence-electron chi connectivity index (χ3n) is 6.19. The van der Waals surface area contributed by atoms with Crippen LogP contribution in [0.4, 0.5) is 0 Å². The number of nitrogens with one attached hydrogen (secondary N) is 1. The van der Waals surface area contributed by atoms with Crippen LogP contribution in [0.15, 0.2) is 0 Å². The standard InChI is InChI=1S/C17H32N2/c1-4-16-9-18-17(12(2)3)11-19(16)10-15-8-13-5-6-14(15)7-13/h12-18H,4-11H2,1-3H3. The zero-order chi connectivity index (χ0) is 13.4. The monoisotopic (exact) mass is 264 g/mol. The predicted octanol–water partition coefficient (Wildman–Crippen LogP) is 3.13. The Kier molecular flexibility index (Phi) is 4.19. The highest BCUT2D eigenvalue weighted by Crippen LogP contribution is 2.48. The molecule has 5 unspecified atom stereocenters. The molecule has 1 aliphatic heterocycles. The van der Waals surface area contributed by atoms with Crippen molar-refractivity contribution in [3.63, 3.8) is 0 Å². The number of hydrogen-bond donors (Lipinski definition) is 1. The lowest BCUT2D eigenvalue weighted by Crippen LogP contribution is -2.58. The van der Waals surface area contributed by atoms with E-state index >= 15 is 0 Å². The molecule has 1 saturated heterocycles. The minimum atomic E-state index is 0.710. The van der Waals surface area contributed by atoms with E-state index in [1.807, 2.05) is 0 Å². The van der Waals surface area contributed by atoms with E-state index in [2.05, 4.69) is 31.0 Å². The fraction of sp³-hybridized carbons (Fsp3) is 1.00. The normalized spacial score (nSPS) is 43.3. The summed E-state index contributed by atoms with van der Waals surface area (Å²) in [7, 11) is 0. The van der Waals surface area contributed by atoms with Crippen molar-refractivity contribution >= 4 is 0 Å². The fourth-order valence-electron chi connectivity index (χ4n) is 4.86. The molecule has 3 rings (SSSR count). The van der Waals surface area contributed by atoms with Gasteiger partial charge in [0.15, 0.2) is 0 Å². The first-order chi connectivity index (χ1) is 9.17. The lowest BCUT2D eigenvalue weighted by atomic mass is 9.87. The van der Waals surface area contributed by atoms with Crippen molar-refractivity contribution < 1.29 is 0 Å². The molecule has 2 nitrogen and oxygen atoms in total. The van der Waals surface area contributed by atoms with Crippen molar-refractivity contribution in [2.75, 3.05) is 19.6 Å². The highest BCUT2D eigenvalue weighted by Gasteiger charge is 2.41. The molecule has 2 saturated carbocycles. The predicted molar refractivity (Wildman–Crippen MR) is 81.2 cm³/mol. The Bertz CT molecular complexity index is 302. The number of fused-ring (bicyclic) bond motifs is 2. The van der Waals surface area contributed by atoms with Crippen molar-refractivity contribution in [2.24, 2.45) is 23.7 Å². The van der Waals surface area contributed by atoms with Gasteiger partial charge in [-0.2, -0.15) is 0 Å². The maximum atomic E-state index is 3.77. The molecule has 2 aliphatic carbocycles. The van der Waals surface area contributed by atoms with Crippen LogP contribution < -0.4 is 5.32 Å². The van der Waals surface area contributed by atoms with Crippen LogP contribution in [0.25, 0.3) is 0 Å². The average Bonchev–Trinajstić information content (AvgIpc) is 3.01. The van der Waals surface area contributed by atoms with Gasteiger partial charge in [-0.1, -0.05) is 27.2 Å². The van der Waals surface area contributed by atoms with Gasteiger partial charge in [-0.3, -0.25) is 4.90 Å². The summed E-state index contributed by atoms with van der Waals surface area (Å²) in [4.78, 5) is 2.84. The van der Waals surface area contributed by atoms with Gasteiger partial charge in [0.25, 0.3) is 0 Å². The molecule has 1 heterocycles. The lowest BCUT2D eigenvalue weighted by Gasteiger charge is -2.43. The van der Waals surface area contributed by atoms with E-state index < -0.39 is 0 Å². The fourth-order valence-corrected chi connectivity index (χ4v) is 4.86. The van der Waals surface area contributed by atoms with E-state index in [1.54, 1.807) is 6.42 Å². The Balaban J connectivity index is 1.60. The van der Waals surface area contributed by atoms with Gasteiger partial charge in [-0.25, -0.2) is 0 Å². The number of nitrogens with zero attached hydrogens (tertiary/aromatic N) is 1. The smallest absolute Gasteiger partial charge is 0.0218 e. The maximum Gasteiger partial charge on any atom is 0.0218 e. The molecule has 110 valence electrons. The van der Waals surface area contributed by atoms with Gasteiger partial charge in [-0.15, -0.1) is 0 Å². The third-order valence-corrected chi connectivity index (χ3v) is 6.19. The van der Waals surface area contributed by atoms with E-state index in [1.165, 1.54) is 45.3 Å². The van der Waals surface area contributed by atoms with Crippen LogP contribution in [0.5, 0.6) is 0 Å². The van der Waals surface area contributed by atoms with E-state index in [9.17, 15) is 0 Å². The SMILES string of the molecule is CCC1CNC(C(C)C)CN1CC1CC2CCC1C2. The van der Waals surface area contributed by atoms with Crippen molar-refractivity contribution in [3.8, 4) is 0 Å². The molecule has 3 fully saturated rings. The summed E-state index contributed by atoms with van der Waals surface area (Å²) < 4.78 is 0. The van der Waals surface area contributed by atoms with E-state index in [0.717, 1.165) is 29.7 Å². The summed E-state index contributed by atoms with van der Waals surface area (Å²) in [6, 6.07) is 1.50. The lowest BCUT2D eigenvalue weighted by molar-refractivity contribution is 0.0807. The Morgan fingerprint density at radius 1 is 1.21 bits per heavy atom. The minimum Gasteiger partial charge on any atom is -0.311 e. The number of piperazine rings is 1. The second-order valence-electron chi connectivity index (χ2n) is 7.71. The summed E-state index contributed by atoms with van der Waals surface area (Å²) >= 11 is 0. The largest absolute Gasteiger partial charge is 0.311 e. The first-order valence-electron chi connectivity index (χ1n) is 8.64. The van der Waals surface area contributed by atoms with Crippen molar-refractivity contribution in [1.29, 1.82) is 0 Å². The van der Waals surface area contributed by atoms with Crippen LogP contribution in [-0.4, -0.2) is 36.6 Å². The van der Waals surface area contributed by atoms with Gasteiger partial charge in [-0.05, 0) is 49.4 Å². The molecule has 0 aromatic carbocycles. The van der Waals surface area contributed by atoms with Crippen LogP contribution in [-0.2, 0) is 0 Å². The molecule has 0 radical (unpaired) electrons. The molecule has 2 heteroatoms. The van der Waals surface area contributed by atoms with Gasteiger partial charge in [0, 0.05) is 31.7 Å². The Labute approximate surface area is 119 Å². The van der Waals surface area contributed by atoms with Crippen molar-refractivity contribution in [2.45, 2.75) is 65.0 Å². The van der Waals surface area contributed by atoms with Crippen LogP contribution in [0.2, 0.25) is 0 Å². The van der Waals surface area contributed by atoms with Gasteiger partial charge < -0.3 is 5.32 Å². The summed E-state index contributed by atoms with van der Waals surface area (Å²) in [6.45, 7) is 11.0. The first kappa shape index (κ1) is 13.9. The molecule has 3 aliphatic rings. The zero-order valence-electron chi connectivity index (χ0n) is 13.1. The summed E-state index contributed by atoms with van der Waals surface area (Å²) in [6.07, 6.45) is 7.47. The summed E-state index contributed by atoms with van der Waals surface area (Å²) in [5.41, 5.74) is 0. The molecule has 0 amide bonds. The second kappa shape index (κ2) is 5.73. The average molecular weight is 264 g/mol. The number of rotatable bonds is 4. The second-order valence-corrected chi connectivity index (χ2v) is 7.71. The maximum absolute atomic E-state index is 3.77. The van der Waals surface area contributed by atoms with E-state index in [0.29, 0.717) is 6.04 Å². The molecule has 0 aromatic heterocycles. The van der Waals surface area contributed by atoms with E-state index in [4.69, 9.17) is 0 Å². The molecule has 5 atom stereocenters. The Hall–Kier alpha value is -0.0800. The summed E-state index contributed by atoms with van der Waals surface area (Å²) in [5, 5.41) is 3.77. The van der Waals surface area contributed by atoms with Gasteiger partial charge in [0.2, 0.25) is 0 Å². The number of hydrogen-bond acceptors (Lipinski definition) is 2. The molecular formula is C17H32N2. The molecule has 1 N–H and O–H groups in total. The van der Waals surface area contributed by atoms with Crippen molar-refractivity contribution in [1.82, 2.24) is 10.2 Å². The highest BCUT2D eigenvalue weighted by atomic mass is 15.2. The molecule has 19 heavy (non-hydrogen) atoms.